The molecule has 3 aliphatic rings. The minimum atomic E-state index is -0.568. The van der Waals surface area contributed by atoms with Gasteiger partial charge in [-0.05, 0) is 51.3 Å². The van der Waals surface area contributed by atoms with Crippen molar-refractivity contribution in [2.24, 2.45) is 17.3 Å². The molecule has 1 saturated carbocycles. The highest BCUT2D eigenvalue weighted by Gasteiger charge is 2.72. The molecule has 2 unspecified atom stereocenters. The van der Waals surface area contributed by atoms with Gasteiger partial charge in [0.25, 0.3) is 0 Å². The van der Waals surface area contributed by atoms with Crippen LogP contribution < -0.4 is 0 Å². The molecule has 41 heavy (non-hydrogen) atoms. The van der Waals surface area contributed by atoms with E-state index < -0.39 is 5.60 Å². The van der Waals surface area contributed by atoms with Crippen LogP contribution in [0.15, 0.2) is 24.4 Å². The average Bonchev–Trinajstić information content (AvgIpc) is 3.15. The van der Waals surface area contributed by atoms with Crippen molar-refractivity contribution in [2.45, 2.75) is 66.3 Å². The van der Waals surface area contributed by atoms with Gasteiger partial charge in [0.1, 0.15) is 5.60 Å². The van der Waals surface area contributed by atoms with Gasteiger partial charge in [-0.25, -0.2) is 4.79 Å². The molecule has 0 aromatic carbocycles. The third-order valence-electron chi connectivity index (χ3n) is 8.43. The smallest absolute Gasteiger partial charge is 0.410 e. The van der Waals surface area contributed by atoms with E-state index in [0.717, 1.165) is 32.0 Å². The van der Waals surface area contributed by atoms with Crippen molar-refractivity contribution in [2.75, 3.05) is 19.7 Å². The summed E-state index contributed by atoms with van der Waals surface area (Å²) in [5.74, 6) is -0.529. The van der Waals surface area contributed by atoms with E-state index in [-0.39, 0.29) is 47.8 Å². The molecule has 2 aliphatic heterocycles. The Hall–Kier alpha value is -2.95. The number of carbonyl (C=O) groups excluding carboxylic acids is 3. The van der Waals surface area contributed by atoms with Gasteiger partial charge in [-0.1, -0.05) is 25.4 Å². The Morgan fingerprint density at radius 1 is 1.22 bits per heavy atom. The van der Waals surface area contributed by atoms with Crippen LogP contribution in [0.5, 0.6) is 0 Å². The first kappa shape index (κ1) is 28.2. The van der Waals surface area contributed by atoms with E-state index in [1.807, 2.05) is 59.7 Å². The third-order valence-corrected chi connectivity index (χ3v) is 9.95. The second kappa shape index (κ2) is 9.81. The number of carbonyl (C=O) groups is 3. The summed E-state index contributed by atoms with van der Waals surface area (Å²) in [6.45, 7) is 13.6. The number of ether oxygens (including phenoxy) is 2. The van der Waals surface area contributed by atoms with Crippen LogP contribution in [0.4, 0.5) is 4.79 Å². The highest BCUT2D eigenvalue weighted by molar-refractivity contribution is 7.19. The number of thiophene rings is 1. The Kier molecular flexibility index (Phi) is 6.75. The number of rotatable bonds is 5. The lowest BCUT2D eigenvalue weighted by Gasteiger charge is -2.34. The number of hydrogen-bond acceptors (Lipinski definition) is 7. The quantitative estimate of drug-likeness (QED) is 0.360. The number of fused-ring (bicyclic) bond motifs is 2. The van der Waals surface area contributed by atoms with Crippen LogP contribution in [0, 0.1) is 24.2 Å². The van der Waals surface area contributed by atoms with E-state index in [9.17, 15) is 14.4 Å². The highest BCUT2D eigenvalue weighted by Crippen LogP contribution is 2.63. The van der Waals surface area contributed by atoms with Crippen LogP contribution in [0.1, 0.15) is 45.2 Å². The summed E-state index contributed by atoms with van der Waals surface area (Å²) in [7, 11) is 0. The summed E-state index contributed by atoms with van der Waals surface area (Å²) in [6.07, 6.45) is 1.18. The zero-order valence-corrected chi connectivity index (χ0v) is 25.8. The Morgan fingerprint density at radius 2 is 1.93 bits per heavy atom. The first-order chi connectivity index (χ1) is 19.3. The number of aromatic nitrogens is 2. The SMILES string of the molecule is Cc1c(Cl)cc(-c2ccnc3cc(CN4C(=O)C5C(C4=O)C5(C)C)sc23)n1C[C@@H]1CN(C(=O)OC(C)(C)C)CCO1. The monoisotopic (exact) mass is 598 g/mol. The van der Waals surface area contributed by atoms with Gasteiger partial charge in [0.05, 0.1) is 65.1 Å². The number of imide groups is 1. The fourth-order valence-electron chi connectivity index (χ4n) is 6.18. The molecule has 3 aromatic rings. The molecular weight excluding hydrogens is 564 g/mol. The molecule has 0 bridgehead atoms. The lowest BCUT2D eigenvalue weighted by atomic mass is 10.1. The molecule has 3 atom stereocenters. The fourth-order valence-corrected chi connectivity index (χ4v) is 7.51. The molecular formula is C30H35ClN4O5S. The predicted octanol–water partition coefficient (Wildman–Crippen LogP) is 5.50. The largest absolute Gasteiger partial charge is 0.444 e. The molecule has 1 aliphatic carbocycles. The van der Waals surface area contributed by atoms with E-state index in [1.165, 1.54) is 16.2 Å². The summed E-state index contributed by atoms with van der Waals surface area (Å²) in [5, 5.41) is 0.636. The molecule has 218 valence electrons. The molecule has 6 rings (SSSR count). The van der Waals surface area contributed by atoms with Gasteiger partial charge in [0, 0.05) is 28.9 Å². The van der Waals surface area contributed by atoms with Gasteiger partial charge < -0.3 is 18.9 Å². The zero-order chi connectivity index (χ0) is 29.4. The van der Waals surface area contributed by atoms with Crippen LogP contribution in [0.3, 0.4) is 0 Å². The first-order valence-corrected chi connectivity index (χ1v) is 15.1. The van der Waals surface area contributed by atoms with Crippen LogP contribution >= 0.6 is 22.9 Å². The summed E-state index contributed by atoms with van der Waals surface area (Å²) < 4.78 is 14.7. The van der Waals surface area contributed by atoms with Crippen molar-refractivity contribution >= 4 is 51.1 Å². The Labute approximate surface area is 248 Å². The highest BCUT2D eigenvalue weighted by atomic mass is 35.5. The second-order valence-corrected chi connectivity index (χ2v) is 14.4. The maximum Gasteiger partial charge on any atom is 0.410 e. The van der Waals surface area contributed by atoms with Crippen LogP contribution in [0.2, 0.25) is 5.02 Å². The summed E-state index contributed by atoms with van der Waals surface area (Å²) >= 11 is 8.20. The molecule has 5 heterocycles. The van der Waals surface area contributed by atoms with E-state index >= 15 is 0 Å². The summed E-state index contributed by atoms with van der Waals surface area (Å²) in [6, 6.07) is 5.87. The third kappa shape index (κ3) is 4.93. The minimum absolute atomic E-state index is 0.0696. The number of likely N-dealkylation sites (tertiary alicyclic amines) is 1. The number of morpholine rings is 1. The Morgan fingerprint density at radius 3 is 2.61 bits per heavy atom. The van der Waals surface area contributed by atoms with Gasteiger partial charge in [0.15, 0.2) is 0 Å². The zero-order valence-electron chi connectivity index (χ0n) is 24.2. The van der Waals surface area contributed by atoms with Crippen molar-refractivity contribution in [1.82, 2.24) is 19.4 Å². The molecule has 0 spiro atoms. The maximum absolute atomic E-state index is 12.9. The standard InChI is InChI=1S/C30H35ClN4O5S/c1-16-20(31)12-22(34(16)14-17-13-33(9-10-39-17)28(38)40-29(2,3)4)19-7-8-32-21-11-18(41-25(19)21)15-35-26(36)23-24(27(35)37)30(23,5)6/h7-8,11-12,17,23-24H,9-10,13-15H2,1-6H3/t17-,23?,24?/m0/s1. The molecule has 3 amide bonds. The van der Waals surface area contributed by atoms with Crippen molar-refractivity contribution < 1.29 is 23.9 Å². The number of hydrogen-bond donors (Lipinski definition) is 0. The number of amides is 3. The Balaban J connectivity index is 1.25. The number of pyridine rings is 1. The van der Waals surface area contributed by atoms with E-state index in [4.69, 9.17) is 21.1 Å². The molecule has 3 aromatic heterocycles. The summed E-state index contributed by atoms with van der Waals surface area (Å²) in [4.78, 5) is 47.1. The van der Waals surface area contributed by atoms with E-state index in [2.05, 4.69) is 9.55 Å². The number of nitrogens with zero attached hydrogens (tertiary/aromatic N) is 4. The molecule has 9 nitrogen and oxygen atoms in total. The van der Waals surface area contributed by atoms with Crippen LogP contribution in [-0.2, 0) is 32.2 Å². The Bertz CT molecular complexity index is 1550. The average molecular weight is 599 g/mol. The van der Waals surface area contributed by atoms with Crippen molar-refractivity contribution in [3.05, 3.63) is 40.0 Å². The van der Waals surface area contributed by atoms with Gasteiger partial charge in [-0.3, -0.25) is 19.5 Å². The molecule has 2 saturated heterocycles. The normalized spacial score (nSPS) is 23.8. The van der Waals surface area contributed by atoms with Crippen LogP contribution in [0.25, 0.3) is 21.5 Å². The van der Waals surface area contributed by atoms with Gasteiger partial charge in [-0.2, -0.15) is 0 Å². The van der Waals surface area contributed by atoms with Gasteiger partial charge in [-0.15, -0.1) is 11.3 Å². The first-order valence-electron chi connectivity index (χ1n) is 13.9. The fraction of sp³-hybridized carbons (Fsp3) is 0.533. The van der Waals surface area contributed by atoms with Crippen LogP contribution in [-0.4, -0.2) is 68.7 Å². The van der Waals surface area contributed by atoms with Gasteiger partial charge >= 0.3 is 6.09 Å². The number of piperidine rings is 1. The molecule has 0 N–H and O–H groups in total. The van der Waals surface area contributed by atoms with E-state index in [1.54, 1.807) is 11.1 Å². The maximum atomic E-state index is 12.9. The lowest BCUT2D eigenvalue weighted by Crippen LogP contribution is -2.48. The number of halogens is 1. The van der Waals surface area contributed by atoms with Crippen molar-refractivity contribution in [3.63, 3.8) is 0 Å². The molecule has 11 heteroatoms. The minimum Gasteiger partial charge on any atom is -0.444 e. The van der Waals surface area contributed by atoms with E-state index in [0.29, 0.717) is 31.3 Å². The van der Waals surface area contributed by atoms with Crippen molar-refractivity contribution in [1.29, 1.82) is 0 Å². The molecule has 3 fully saturated rings. The summed E-state index contributed by atoms with van der Waals surface area (Å²) in [5.41, 5.74) is 2.79. The lowest BCUT2D eigenvalue weighted by molar-refractivity contribution is -0.143. The topological polar surface area (TPSA) is 94.0 Å². The predicted molar refractivity (Wildman–Crippen MR) is 157 cm³/mol. The second-order valence-electron chi connectivity index (χ2n) is 12.8. The van der Waals surface area contributed by atoms with Gasteiger partial charge in [0.2, 0.25) is 11.8 Å². The van der Waals surface area contributed by atoms with Crippen molar-refractivity contribution in [3.8, 4) is 11.3 Å². The molecule has 0 radical (unpaired) electrons.